The predicted octanol–water partition coefficient (Wildman–Crippen LogP) is -0.884. The van der Waals surface area contributed by atoms with Crippen LogP contribution in [0.2, 0.25) is 0 Å². The summed E-state index contributed by atoms with van der Waals surface area (Å²) in [6.45, 7) is 0.0134. The van der Waals surface area contributed by atoms with Crippen LogP contribution in [0.3, 0.4) is 0 Å². The number of hydrogen-bond acceptors (Lipinski definition) is 3. The van der Waals surface area contributed by atoms with Gasteiger partial charge in [-0.05, 0) is 0 Å². The number of carbonyl (C=O) groups is 2. The van der Waals surface area contributed by atoms with Crippen molar-refractivity contribution in [3.63, 3.8) is 0 Å². The van der Waals surface area contributed by atoms with Gasteiger partial charge in [-0.25, -0.2) is 4.98 Å². The fourth-order valence-electron chi connectivity index (χ4n) is 1.19. The molecule has 0 aliphatic carbocycles. The molecule has 13 heavy (non-hydrogen) atoms. The molecule has 1 aromatic heterocycles. The van der Waals surface area contributed by atoms with Crippen LogP contribution in [0.1, 0.15) is 10.5 Å². The van der Waals surface area contributed by atoms with Crippen molar-refractivity contribution in [3.8, 4) is 0 Å². The number of fused-ring (bicyclic) bond motifs is 1. The van der Waals surface area contributed by atoms with Gasteiger partial charge in [-0.2, -0.15) is 0 Å². The van der Waals surface area contributed by atoms with Crippen LogP contribution in [0.25, 0.3) is 0 Å². The molecule has 1 aromatic rings. The number of nitrogens with zero attached hydrogens (tertiary/aromatic N) is 2. The summed E-state index contributed by atoms with van der Waals surface area (Å²) in [6.07, 6.45) is 1.39. The van der Waals surface area contributed by atoms with E-state index >= 15 is 0 Å². The van der Waals surface area contributed by atoms with Gasteiger partial charge in [0.15, 0.2) is 5.82 Å². The number of aromatic nitrogens is 2. The maximum atomic E-state index is 11.3. The van der Waals surface area contributed by atoms with E-state index in [0.717, 1.165) is 0 Å². The molecule has 0 bridgehead atoms. The third-order valence-corrected chi connectivity index (χ3v) is 1.94. The highest BCUT2D eigenvalue weighted by molar-refractivity contribution is 6.07. The van der Waals surface area contributed by atoms with Crippen molar-refractivity contribution >= 4 is 17.6 Å². The normalized spacial score (nSPS) is 16.5. The van der Waals surface area contributed by atoms with Crippen molar-refractivity contribution in [2.24, 2.45) is 0 Å². The summed E-state index contributed by atoms with van der Waals surface area (Å²) in [5.74, 6) is -0.107. The highest BCUT2D eigenvalue weighted by atomic mass is 16.2. The molecule has 0 saturated carbocycles. The fraction of sp³-hybridized carbons (Fsp3) is 0.286. The van der Waals surface area contributed by atoms with Crippen LogP contribution in [-0.4, -0.2) is 35.4 Å². The summed E-state index contributed by atoms with van der Waals surface area (Å²) >= 11 is 0. The van der Waals surface area contributed by atoms with Crippen molar-refractivity contribution in [1.82, 2.24) is 15.3 Å². The highest BCUT2D eigenvalue weighted by Crippen LogP contribution is 2.15. The van der Waals surface area contributed by atoms with Gasteiger partial charge in [-0.1, -0.05) is 0 Å². The summed E-state index contributed by atoms with van der Waals surface area (Å²) in [5.41, 5.74) is 0.327. The van der Waals surface area contributed by atoms with Gasteiger partial charge >= 0.3 is 0 Å². The van der Waals surface area contributed by atoms with E-state index in [2.05, 4.69) is 15.3 Å². The van der Waals surface area contributed by atoms with Gasteiger partial charge in [-0.3, -0.25) is 14.5 Å². The lowest BCUT2D eigenvalue weighted by Crippen LogP contribution is -2.34. The molecule has 0 atom stereocenters. The third-order valence-electron chi connectivity index (χ3n) is 1.94. The molecule has 0 radical (unpaired) electrons. The van der Waals surface area contributed by atoms with Crippen molar-refractivity contribution in [2.75, 3.05) is 18.5 Å². The van der Waals surface area contributed by atoms with Gasteiger partial charge in [0, 0.05) is 7.05 Å². The molecule has 1 aliphatic rings. The zero-order chi connectivity index (χ0) is 9.42. The minimum absolute atomic E-state index is 0.0134. The molecule has 0 unspecified atom stereocenters. The lowest BCUT2D eigenvalue weighted by Gasteiger charge is -2.10. The van der Waals surface area contributed by atoms with Gasteiger partial charge in [0.1, 0.15) is 5.69 Å². The van der Waals surface area contributed by atoms with Crippen molar-refractivity contribution < 1.29 is 9.59 Å². The quantitative estimate of drug-likeness (QED) is 0.544. The van der Waals surface area contributed by atoms with E-state index in [1.54, 1.807) is 7.05 Å². The summed E-state index contributed by atoms with van der Waals surface area (Å²) in [6, 6.07) is 0. The van der Waals surface area contributed by atoms with Crippen LogP contribution in [0.4, 0.5) is 5.82 Å². The Balaban J connectivity index is 2.52. The first-order chi connectivity index (χ1) is 6.20. The lowest BCUT2D eigenvalue weighted by molar-refractivity contribution is -0.117. The summed E-state index contributed by atoms with van der Waals surface area (Å²) in [5, 5.41) is 2.47. The SMILES string of the molecule is CN1C(=O)CNC(=O)c2[nH]cnc21. The van der Waals surface area contributed by atoms with Crippen molar-refractivity contribution in [2.45, 2.75) is 0 Å². The first-order valence-electron chi connectivity index (χ1n) is 3.78. The Morgan fingerprint density at radius 3 is 3.08 bits per heavy atom. The zero-order valence-corrected chi connectivity index (χ0v) is 7.00. The monoisotopic (exact) mass is 180 g/mol. The molecule has 1 aliphatic heterocycles. The fourth-order valence-corrected chi connectivity index (χ4v) is 1.19. The Kier molecular flexibility index (Phi) is 1.54. The third kappa shape index (κ3) is 1.07. The maximum absolute atomic E-state index is 11.3. The molecule has 6 nitrogen and oxygen atoms in total. The number of likely N-dealkylation sites (N-methyl/N-ethyl adjacent to an activating group) is 1. The molecule has 2 N–H and O–H groups in total. The minimum Gasteiger partial charge on any atom is -0.342 e. The van der Waals surface area contributed by atoms with Crippen LogP contribution < -0.4 is 10.2 Å². The minimum atomic E-state index is -0.301. The number of rotatable bonds is 0. The van der Waals surface area contributed by atoms with E-state index < -0.39 is 0 Å². The van der Waals surface area contributed by atoms with Crippen molar-refractivity contribution in [3.05, 3.63) is 12.0 Å². The molecule has 0 aromatic carbocycles. The molecule has 68 valence electrons. The van der Waals surface area contributed by atoms with Crippen LogP contribution in [-0.2, 0) is 4.79 Å². The average molecular weight is 180 g/mol. The first-order valence-corrected chi connectivity index (χ1v) is 3.78. The number of carbonyl (C=O) groups excluding carboxylic acids is 2. The van der Waals surface area contributed by atoms with Gasteiger partial charge < -0.3 is 10.3 Å². The Morgan fingerprint density at radius 1 is 1.54 bits per heavy atom. The van der Waals surface area contributed by atoms with E-state index in [0.29, 0.717) is 11.5 Å². The topological polar surface area (TPSA) is 78.1 Å². The van der Waals surface area contributed by atoms with Gasteiger partial charge in [0.05, 0.1) is 12.9 Å². The number of hydrogen-bond donors (Lipinski definition) is 2. The standard InChI is InChI=1S/C7H8N4O2/c1-11-4(12)2-8-7(13)5-6(11)10-3-9-5/h3H,2H2,1H3,(H,8,13)(H,9,10). The van der Waals surface area contributed by atoms with Crippen LogP contribution in [0.5, 0.6) is 0 Å². The second-order valence-electron chi connectivity index (χ2n) is 2.74. The Hall–Kier alpha value is -1.85. The second-order valence-corrected chi connectivity index (χ2v) is 2.74. The smallest absolute Gasteiger partial charge is 0.272 e. The Bertz CT molecular complexity index is 370. The van der Waals surface area contributed by atoms with Gasteiger partial charge in [0.25, 0.3) is 5.91 Å². The summed E-state index contributed by atoms with van der Waals surface area (Å²) in [7, 11) is 1.59. The lowest BCUT2D eigenvalue weighted by atomic mass is 10.4. The molecule has 0 fully saturated rings. The Labute approximate surface area is 73.9 Å². The zero-order valence-electron chi connectivity index (χ0n) is 7.00. The number of imidazole rings is 1. The van der Waals surface area contributed by atoms with Crippen molar-refractivity contribution in [1.29, 1.82) is 0 Å². The number of H-pyrrole nitrogens is 1. The molecule has 0 saturated heterocycles. The summed E-state index contributed by atoms with van der Waals surface area (Å²) < 4.78 is 0. The summed E-state index contributed by atoms with van der Waals surface area (Å²) in [4.78, 5) is 30.5. The molecule has 6 heteroatoms. The second kappa shape index (κ2) is 2.58. The molecular weight excluding hydrogens is 172 g/mol. The highest BCUT2D eigenvalue weighted by Gasteiger charge is 2.25. The molecule has 2 rings (SSSR count). The average Bonchev–Trinajstić information content (AvgIpc) is 2.57. The molecule has 2 heterocycles. The van der Waals surface area contributed by atoms with E-state index in [1.807, 2.05) is 0 Å². The van der Waals surface area contributed by atoms with E-state index in [-0.39, 0.29) is 18.4 Å². The first kappa shape index (κ1) is 7.78. The van der Waals surface area contributed by atoms with Gasteiger partial charge in [0.2, 0.25) is 5.91 Å². The van der Waals surface area contributed by atoms with Crippen LogP contribution in [0, 0.1) is 0 Å². The van der Waals surface area contributed by atoms with E-state index in [9.17, 15) is 9.59 Å². The van der Waals surface area contributed by atoms with Gasteiger partial charge in [-0.15, -0.1) is 0 Å². The molecular formula is C7H8N4O2. The molecule has 0 spiro atoms. The van der Waals surface area contributed by atoms with E-state index in [4.69, 9.17) is 0 Å². The largest absolute Gasteiger partial charge is 0.342 e. The van der Waals surface area contributed by atoms with Crippen LogP contribution in [0.15, 0.2) is 6.33 Å². The predicted molar refractivity (Wildman–Crippen MR) is 44.3 cm³/mol. The number of aromatic amines is 1. The number of nitrogens with one attached hydrogen (secondary N) is 2. The number of amides is 2. The van der Waals surface area contributed by atoms with Crippen LogP contribution >= 0.6 is 0 Å². The molecule has 2 amide bonds. The maximum Gasteiger partial charge on any atom is 0.272 e. The van der Waals surface area contributed by atoms with E-state index in [1.165, 1.54) is 11.2 Å². The number of anilines is 1. The Morgan fingerprint density at radius 2 is 2.31 bits per heavy atom.